The third-order valence-electron chi connectivity index (χ3n) is 4.37. The van der Waals surface area contributed by atoms with E-state index in [1.54, 1.807) is 0 Å². The molecule has 1 N–H and O–H groups in total. The van der Waals surface area contributed by atoms with Gasteiger partial charge in [-0.05, 0) is 29.8 Å². The standard InChI is InChI=1S/C23H19NO2/c25-15-17-10-12-20(13-11-17)26-16-19-14-23(18-6-2-1-3-7-18)24-22-9-5-4-8-21(19)22/h1-14,25H,15-16H2. The lowest BCUT2D eigenvalue weighted by molar-refractivity contribution is 0.281. The number of aliphatic hydroxyl groups is 1. The molecule has 26 heavy (non-hydrogen) atoms. The molecule has 0 saturated heterocycles. The van der Waals surface area contributed by atoms with E-state index in [1.807, 2.05) is 60.7 Å². The Balaban J connectivity index is 1.68. The van der Waals surface area contributed by atoms with Crippen LogP contribution in [-0.2, 0) is 13.2 Å². The number of aromatic nitrogens is 1. The average molecular weight is 341 g/mol. The zero-order valence-corrected chi connectivity index (χ0v) is 14.3. The molecule has 1 aromatic heterocycles. The first-order valence-electron chi connectivity index (χ1n) is 8.60. The number of pyridine rings is 1. The van der Waals surface area contributed by atoms with E-state index in [0.29, 0.717) is 6.61 Å². The van der Waals surface area contributed by atoms with E-state index in [0.717, 1.165) is 39.0 Å². The highest BCUT2D eigenvalue weighted by Gasteiger charge is 2.08. The molecule has 0 unspecified atom stereocenters. The summed E-state index contributed by atoms with van der Waals surface area (Å²) in [7, 11) is 0. The van der Waals surface area contributed by atoms with Gasteiger partial charge in [-0.2, -0.15) is 0 Å². The van der Waals surface area contributed by atoms with Crippen molar-refractivity contribution in [2.45, 2.75) is 13.2 Å². The highest BCUT2D eigenvalue weighted by Crippen LogP contribution is 2.26. The molecule has 0 aliphatic heterocycles. The van der Waals surface area contributed by atoms with Crippen molar-refractivity contribution in [3.63, 3.8) is 0 Å². The maximum atomic E-state index is 9.15. The van der Waals surface area contributed by atoms with Gasteiger partial charge in [0.25, 0.3) is 0 Å². The Morgan fingerprint density at radius 2 is 1.54 bits per heavy atom. The molecule has 1 heterocycles. The zero-order chi connectivity index (χ0) is 17.8. The van der Waals surface area contributed by atoms with Gasteiger partial charge in [-0.1, -0.05) is 60.7 Å². The predicted molar refractivity (Wildman–Crippen MR) is 104 cm³/mol. The molecule has 128 valence electrons. The van der Waals surface area contributed by atoms with E-state index in [2.05, 4.69) is 24.3 Å². The summed E-state index contributed by atoms with van der Waals surface area (Å²) in [6.45, 7) is 0.497. The van der Waals surface area contributed by atoms with Crippen molar-refractivity contribution >= 4 is 10.9 Å². The minimum Gasteiger partial charge on any atom is -0.489 e. The normalized spacial score (nSPS) is 10.8. The molecular formula is C23H19NO2. The van der Waals surface area contributed by atoms with Gasteiger partial charge in [0.1, 0.15) is 12.4 Å². The lowest BCUT2D eigenvalue weighted by Crippen LogP contribution is -1.99. The van der Waals surface area contributed by atoms with Crippen molar-refractivity contribution in [1.29, 1.82) is 0 Å². The molecule has 4 aromatic rings. The van der Waals surface area contributed by atoms with E-state index in [-0.39, 0.29) is 6.61 Å². The summed E-state index contributed by atoms with van der Waals surface area (Å²) >= 11 is 0. The Labute approximate surface area is 152 Å². The van der Waals surface area contributed by atoms with Crippen LogP contribution in [0, 0.1) is 0 Å². The average Bonchev–Trinajstić information content (AvgIpc) is 2.73. The molecular weight excluding hydrogens is 322 g/mol. The fraction of sp³-hybridized carbons (Fsp3) is 0.0870. The van der Waals surface area contributed by atoms with Crippen LogP contribution in [0.4, 0.5) is 0 Å². The summed E-state index contributed by atoms with van der Waals surface area (Å²) in [5.74, 6) is 0.782. The van der Waals surface area contributed by atoms with Gasteiger partial charge in [0.2, 0.25) is 0 Å². The van der Waals surface area contributed by atoms with E-state index in [9.17, 15) is 0 Å². The van der Waals surface area contributed by atoms with Gasteiger partial charge in [0.15, 0.2) is 0 Å². The molecule has 3 nitrogen and oxygen atoms in total. The number of hydrogen-bond donors (Lipinski definition) is 1. The molecule has 0 saturated carbocycles. The minimum atomic E-state index is 0.0374. The van der Waals surface area contributed by atoms with Gasteiger partial charge in [-0.3, -0.25) is 0 Å². The number of fused-ring (bicyclic) bond motifs is 1. The molecule has 0 atom stereocenters. The van der Waals surface area contributed by atoms with Crippen LogP contribution in [0.1, 0.15) is 11.1 Å². The van der Waals surface area contributed by atoms with Crippen LogP contribution in [0.5, 0.6) is 5.75 Å². The zero-order valence-electron chi connectivity index (χ0n) is 14.3. The largest absolute Gasteiger partial charge is 0.489 e. The van der Waals surface area contributed by atoms with Crippen LogP contribution < -0.4 is 4.74 Å². The van der Waals surface area contributed by atoms with E-state index in [1.165, 1.54) is 0 Å². The summed E-state index contributed by atoms with van der Waals surface area (Å²) in [5.41, 5.74) is 4.96. The van der Waals surface area contributed by atoms with Crippen LogP contribution in [0.25, 0.3) is 22.2 Å². The quantitative estimate of drug-likeness (QED) is 0.557. The van der Waals surface area contributed by atoms with Gasteiger partial charge in [0.05, 0.1) is 17.8 Å². The van der Waals surface area contributed by atoms with Crippen molar-refractivity contribution in [3.8, 4) is 17.0 Å². The van der Waals surface area contributed by atoms with Crippen LogP contribution in [0.3, 0.4) is 0 Å². The second-order valence-electron chi connectivity index (χ2n) is 6.14. The Morgan fingerprint density at radius 3 is 2.31 bits per heavy atom. The van der Waals surface area contributed by atoms with Crippen molar-refractivity contribution in [2.75, 3.05) is 0 Å². The van der Waals surface area contributed by atoms with Gasteiger partial charge < -0.3 is 9.84 Å². The molecule has 0 aliphatic rings. The first-order valence-corrected chi connectivity index (χ1v) is 8.60. The predicted octanol–water partition coefficient (Wildman–Crippen LogP) is 4.97. The number of nitrogens with zero attached hydrogens (tertiary/aromatic N) is 1. The molecule has 0 spiro atoms. The Morgan fingerprint density at radius 1 is 0.808 bits per heavy atom. The van der Waals surface area contributed by atoms with Gasteiger partial charge >= 0.3 is 0 Å². The second kappa shape index (κ2) is 7.38. The van der Waals surface area contributed by atoms with Gasteiger partial charge in [0, 0.05) is 16.5 Å². The van der Waals surface area contributed by atoms with Crippen molar-refractivity contribution in [2.24, 2.45) is 0 Å². The highest BCUT2D eigenvalue weighted by atomic mass is 16.5. The molecule has 0 amide bonds. The molecule has 3 heteroatoms. The first-order chi connectivity index (χ1) is 12.8. The van der Waals surface area contributed by atoms with Crippen molar-refractivity contribution < 1.29 is 9.84 Å². The number of ether oxygens (including phenoxy) is 1. The van der Waals surface area contributed by atoms with Crippen LogP contribution in [0.2, 0.25) is 0 Å². The number of para-hydroxylation sites is 1. The fourth-order valence-electron chi connectivity index (χ4n) is 2.98. The highest BCUT2D eigenvalue weighted by molar-refractivity contribution is 5.85. The summed E-state index contributed by atoms with van der Waals surface area (Å²) < 4.78 is 5.98. The second-order valence-corrected chi connectivity index (χ2v) is 6.14. The number of aliphatic hydroxyl groups excluding tert-OH is 1. The molecule has 0 bridgehead atoms. The van der Waals surface area contributed by atoms with Crippen LogP contribution in [-0.4, -0.2) is 10.1 Å². The van der Waals surface area contributed by atoms with Crippen molar-refractivity contribution in [3.05, 3.63) is 96.1 Å². The summed E-state index contributed by atoms with van der Waals surface area (Å²) in [6.07, 6.45) is 0. The van der Waals surface area contributed by atoms with Crippen molar-refractivity contribution in [1.82, 2.24) is 4.98 Å². The number of rotatable bonds is 5. The van der Waals surface area contributed by atoms with Gasteiger partial charge in [-0.25, -0.2) is 4.98 Å². The molecule has 0 fully saturated rings. The van der Waals surface area contributed by atoms with Gasteiger partial charge in [-0.15, -0.1) is 0 Å². The molecule has 3 aromatic carbocycles. The topological polar surface area (TPSA) is 42.4 Å². The third kappa shape index (κ3) is 3.44. The number of benzene rings is 3. The fourth-order valence-corrected chi connectivity index (χ4v) is 2.98. The third-order valence-corrected chi connectivity index (χ3v) is 4.37. The van der Waals surface area contributed by atoms with Crippen LogP contribution in [0.15, 0.2) is 84.9 Å². The summed E-state index contributed by atoms with van der Waals surface area (Å²) in [6, 6.07) is 27.9. The van der Waals surface area contributed by atoms with E-state index < -0.39 is 0 Å². The SMILES string of the molecule is OCc1ccc(OCc2cc(-c3ccccc3)nc3ccccc23)cc1. The summed E-state index contributed by atoms with van der Waals surface area (Å²) in [5, 5.41) is 10.2. The smallest absolute Gasteiger partial charge is 0.119 e. The lowest BCUT2D eigenvalue weighted by Gasteiger charge is -2.12. The number of hydrogen-bond acceptors (Lipinski definition) is 3. The van der Waals surface area contributed by atoms with E-state index >= 15 is 0 Å². The van der Waals surface area contributed by atoms with Crippen LogP contribution >= 0.6 is 0 Å². The molecule has 0 radical (unpaired) electrons. The minimum absolute atomic E-state index is 0.0374. The lowest BCUT2D eigenvalue weighted by atomic mass is 10.0. The first kappa shape index (κ1) is 16.3. The Hall–Kier alpha value is -3.17. The van der Waals surface area contributed by atoms with E-state index in [4.69, 9.17) is 14.8 Å². The molecule has 0 aliphatic carbocycles. The summed E-state index contributed by atoms with van der Waals surface area (Å²) in [4.78, 5) is 4.80. The Bertz CT molecular complexity index is 1010. The molecule has 4 rings (SSSR count). The maximum absolute atomic E-state index is 9.15. The maximum Gasteiger partial charge on any atom is 0.119 e. The Kier molecular flexibility index (Phi) is 4.63. The monoisotopic (exact) mass is 341 g/mol.